The molecule has 0 heterocycles. The number of rotatable bonds is 11. The molecule has 126 valence electrons. The second-order valence-corrected chi connectivity index (χ2v) is 5.06. The molecule has 2 atom stereocenters. The lowest BCUT2D eigenvalue weighted by molar-refractivity contribution is -0.185. The second kappa shape index (κ2) is 11.0. The van der Waals surface area contributed by atoms with E-state index in [0.29, 0.717) is 0 Å². The highest BCUT2D eigenvalue weighted by atomic mass is 16.6. The summed E-state index contributed by atoms with van der Waals surface area (Å²) in [5.74, 6) is -1.38. The lowest BCUT2D eigenvalue weighted by atomic mass is 10.2. The third-order valence-electron chi connectivity index (χ3n) is 2.23. The fourth-order valence-corrected chi connectivity index (χ4v) is 1.50. The zero-order valence-corrected chi connectivity index (χ0v) is 13.7. The third-order valence-corrected chi connectivity index (χ3v) is 2.23. The molecule has 0 aromatic heterocycles. The minimum atomic E-state index is -1.23. The Hall–Kier alpha value is -1.66. The quantitative estimate of drug-likeness (QED) is 0.429. The zero-order valence-electron chi connectivity index (χ0n) is 13.7. The molecule has 22 heavy (non-hydrogen) atoms. The van der Waals surface area contributed by atoms with Crippen LogP contribution < -0.4 is 0 Å². The number of hydrogen-bond acceptors (Lipinski definition) is 6. The van der Waals surface area contributed by atoms with Gasteiger partial charge in [-0.15, -0.1) is 13.2 Å². The zero-order chi connectivity index (χ0) is 17.1. The fraction of sp³-hybridized carbons (Fsp3) is 0.625. The molecule has 6 heteroatoms. The Morgan fingerprint density at radius 1 is 0.818 bits per heavy atom. The van der Waals surface area contributed by atoms with E-state index in [1.165, 1.54) is 12.2 Å². The maximum atomic E-state index is 12.2. The van der Waals surface area contributed by atoms with Crippen LogP contribution in [0, 0.1) is 0 Å². The second-order valence-electron chi connectivity index (χ2n) is 5.06. The van der Waals surface area contributed by atoms with Crippen molar-refractivity contribution in [3.8, 4) is 0 Å². The molecule has 0 fully saturated rings. The van der Waals surface area contributed by atoms with Crippen molar-refractivity contribution in [2.75, 3.05) is 13.2 Å². The predicted octanol–water partition coefficient (Wildman–Crippen LogP) is 2.03. The summed E-state index contributed by atoms with van der Waals surface area (Å²) in [6.45, 7) is 14.0. The molecule has 0 saturated heterocycles. The first kappa shape index (κ1) is 20.3. The Labute approximate surface area is 132 Å². The van der Waals surface area contributed by atoms with Crippen LogP contribution in [0.4, 0.5) is 0 Å². The Balaban J connectivity index is 5.21. The van der Waals surface area contributed by atoms with Gasteiger partial charge in [0.15, 0.2) is 12.2 Å². The van der Waals surface area contributed by atoms with Crippen molar-refractivity contribution in [2.45, 2.75) is 52.1 Å². The van der Waals surface area contributed by atoms with E-state index in [1.54, 1.807) is 27.7 Å². The van der Waals surface area contributed by atoms with Crippen molar-refractivity contribution >= 4 is 11.9 Å². The highest BCUT2D eigenvalue weighted by molar-refractivity contribution is 5.85. The van der Waals surface area contributed by atoms with Gasteiger partial charge in [-0.25, -0.2) is 9.59 Å². The summed E-state index contributed by atoms with van der Waals surface area (Å²) < 4.78 is 21.0. The highest BCUT2D eigenvalue weighted by Gasteiger charge is 2.38. The molecule has 0 saturated carbocycles. The monoisotopic (exact) mass is 314 g/mol. The number of hydrogen-bond donors (Lipinski definition) is 0. The first-order valence-corrected chi connectivity index (χ1v) is 7.19. The lowest BCUT2D eigenvalue weighted by Gasteiger charge is -2.25. The van der Waals surface area contributed by atoms with Gasteiger partial charge in [0, 0.05) is 0 Å². The van der Waals surface area contributed by atoms with E-state index in [4.69, 9.17) is 18.9 Å². The lowest BCUT2D eigenvalue weighted by Crippen LogP contribution is -2.46. The van der Waals surface area contributed by atoms with Crippen LogP contribution in [-0.2, 0) is 28.5 Å². The molecule has 0 aliphatic carbocycles. The Morgan fingerprint density at radius 3 is 1.36 bits per heavy atom. The van der Waals surface area contributed by atoms with Crippen LogP contribution in [-0.4, -0.2) is 49.6 Å². The standard InChI is InChI=1S/C16H26O6/c1-7-9-19-13(15(17)21-11(3)4)14(20-10-8-2)16(18)22-12(5)6/h7-8,11-14H,1-2,9-10H2,3-6H3/t13-,14-/m0/s1. The molecule has 0 bridgehead atoms. The summed E-state index contributed by atoms with van der Waals surface area (Å²) in [4.78, 5) is 24.3. The molecule has 0 aliphatic rings. The molecular weight excluding hydrogens is 288 g/mol. The highest BCUT2D eigenvalue weighted by Crippen LogP contribution is 2.12. The van der Waals surface area contributed by atoms with E-state index in [9.17, 15) is 9.59 Å². The van der Waals surface area contributed by atoms with Crippen LogP contribution in [0.5, 0.6) is 0 Å². The molecule has 0 radical (unpaired) electrons. The Morgan fingerprint density at radius 2 is 1.14 bits per heavy atom. The van der Waals surface area contributed by atoms with Gasteiger partial charge in [-0.2, -0.15) is 0 Å². The van der Waals surface area contributed by atoms with Crippen LogP contribution >= 0.6 is 0 Å². The van der Waals surface area contributed by atoms with Gasteiger partial charge in [0.25, 0.3) is 0 Å². The predicted molar refractivity (Wildman–Crippen MR) is 82.3 cm³/mol. The molecule has 0 rings (SSSR count). The minimum Gasteiger partial charge on any atom is -0.461 e. The van der Waals surface area contributed by atoms with Gasteiger partial charge in [0.2, 0.25) is 0 Å². The van der Waals surface area contributed by atoms with Gasteiger partial charge in [0.05, 0.1) is 25.4 Å². The summed E-state index contributed by atoms with van der Waals surface area (Å²) in [5, 5.41) is 0. The van der Waals surface area contributed by atoms with Gasteiger partial charge in [-0.1, -0.05) is 12.2 Å². The van der Waals surface area contributed by atoms with E-state index < -0.39 is 24.1 Å². The summed E-state index contributed by atoms with van der Waals surface area (Å²) in [6, 6.07) is 0. The van der Waals surface area contributed by atoms with Crippen LogP contribution in [0.15, 0.2) is 25.3 Å². The average molecular weight is 314 g/mol. The Bertz CT molecular complexity index is 339. The Kier molecular flexibility index (Phi) is 10.2. The van der Waals surface area contributed by atoms with E-state index in [-0.39, 0.29) is 25.4 Å². The first-order valence-electron chi connectivity index (χ1n) is 7.19. The van der Waals surface area contributed by atoms with Crippen LogP contribution in [0.3, 0.4) is 0 Å². The molecule has 0 aromatic rings. The summed E-state index contributed by atoms with van der Waals surface area (Å²) in [5.41, 5.74) is 0. The van der Waals surface area contributed by atoms with Crippen LogP contribution in [0.25, 0.3) is 0 Å². The average Bonchev–Trinajstić information content (AvgIpc) is 2.40. The number of carbonyl (C=O) groups excluding carboxylic acids is 2. The smallest absolute Gasteiger partial charge is 0.338 e. The normalized spacial score (nSPS) is 13.5. The summed E-state index contributed by atoms with van der Waals surface area (Å²) in [7, 11) is 0. The summed E-state index contributed by atoms with van der Waals surface area (Å²) >= 11 is 0. The van der Waals surface area contributed by atoms with E-state index in [0.717, 1.165) is 0 Å². The van der Waals surface area contributed by atoms with Gasteiger partial charge >= 0.3 is 11.9 Å². The molecule has 6 nitrogen and oxygen atoms in total. The molecular formula is C16H26O6. The maximum absolute atomic E-state index is 12.2. The first-order chi connectivity index (χ1) is 10.3. The van der Waals surface area contributed by atoms with Crippen molar-refractivity contribution in [3.63, 3.8) is 0 Å². The van der Waals surface area contributed by atoms with E-state index in [1.807, 2.05) is 0 Å². The third kappa shape index (κ3) is 7.95. The van der Waals surface area contributed by atoms with Gasteiger partial charge in [-0.3, -0.25) is 0 Å². The fourth-order valence-electron chi connectivity index (χ4n) is 1.50. The SMILES string of the molecule is C=CCO[C@H](C(=O)OC(C)C)[C@H](OCC=C)C(=O)OC(C)C. The van der Waals surface area contributed by atoms with Crippen molar-refractivity contribution in [2.24, 2.45) is 0 Å². The summed E-state index contributed by atoms with van der Waals surface area (Å²) in [6.07, 6.45) is -0.215. The van der Waals surface area contributed by atoms with Crippen molar-refractivity contribution < 1.29 is 28.5 Å². The topological polar surface area (TPSA) is 71.1 Å². The number of carbonyl (C=O) groups is 2. The molecule has 0 N–H and O–H groups in total. The van der Waals surface area contributed by atoms with Crippen molar-refractivity contribution in [1.82, 2.24) is 0 Å². The van der Waals surface area contributed by atoms with Crippen LogP contribution in [0.1, 0.15) is 27.7 Å². The van der Waals surface area contributed by atoms with Crippen LogP contribution in [0.2, 0.25) is 0 Å². The molecule has 0 aliphatic heterocycles. The van der Waals surface area contributed by atoms with Gasteiger partial charge in [-0.05, 0) is 27.7 Å². The van der Waals surface area contributed by atoms with E-state index >= 15 is 0 Å². The maximum Gasteiger partial charge on any atom is 0.338 e. The van der Waals surface area contributed by atoms with Gasteiger partial charge in [0.1, 0.15) is 0 Å². The molecule has 0 unspecified atom stereocenters. The number of ether oxygens (including phenoxy) is 4. The van der Waals surface area contributed by atoms with Crippen molar-refractivity contribution in [1.29, 1.82) is 0 Å². The van der Waals surface area contributed by atoms with E-state index in [2.05, 4.69) is 13.2 Å². The van der Waals surface area contributed by atoms with Crippen molar-refractivity contribution in [3.05, 3.63) is 25.3 Å². The van der Waals surface area contributed by atoms with Gasteiger partial charge < -0.3 is 18.9 Å². The number of esters is 2. The largest absolute Gasteiger partial charge is 0.461 e. The minimum absolute atomic E-state index is 0.0702. The molecule has 0 spiro atoms. The molecule has 0 amide bonds. The molecule has 0 aromatic carbocycles.